The van der Waals surface area contributed by atoms with E-state index in [1.54, 1.807) is 18.2 Å². The van der Waals surface area contributed by atoms with E-state index >= 15 is 0 Å². The smallest absolute Gasteiger partial charge is 0.225 e. The number of hydrogen-bond donors (Lipinski definition) is 0. The van der Waals surface area contributed by atoms with Gasteiger partial charge in [0.15, 0.2) is 5.82 Å². The summed E-state index contributed by atoms with van der Waals surface area (Å²) in [6, 6.07) is 10.1. The number of piperazine rings is 1. The van der Waals surface area contributed by atoms with Gasteiger partial charge in [-0.1, -0.05) is 35.4 Å². The Labute approximate surface area is 191 Å². The summed E-state index contributed by atoms with van der Waals surface area (Å²) < 4.78 is 27.1. The number of benzene rings is 2. The number of anilines is 1. The quantitative estimate of drug-likeness (QED) is 0.273. The summed E-state index contributed by atoms with van der Waals surface area (Å²) in [6.45, 7) is 4.12. The summed E-state index contributed by atoms with van der Waals surface area (Å²) in [5.41, 5.74) is 9.91. The van der Waals surface area contributed by atoms with Crippen molar-refractivity contribution in [3.05, 3.63) is 76.4 Å². The van der Waals surface area contributed by atoms with Crippen LogP contribution in [0.25, 0.3) is 21.2 Å². The third-order valence-corrected chi connectivity index (χ3v) is 5.67. The summed E-state index contributed by atoms with van der Waals surface area (Å²) in [5, 5.41) is 5.32. The number of hydrogen-bond acceptors (Lipinski definition) is 5. The molecule has 1 aliphatic rings. The van der Waals surface area contributed by atoms with Crippen LogP contribution < -0.4 is 4.90 Å². The molecular formula is C22H24ClF2N7. The summed E-state index contributed by atoms with van der Waals surface area (Å²) in [6.07, 6.45) is 3.90. The number of halogens is 3. The fourth-order valence-electron chi connectivity index (χ4n) is 4.06. The molecule has 168 valence electrons. The molecule has 2 heterocycles. The van der Waals surface area contributed by atoms with Crippen LogP contribution in [0, 0.1) is 11.6 Å². The average molecular weight is 460 g/mol. The molecule has 1 aromatic heterocycles. The molecular weight excluding hydrogens is 436 g/mol. The molecule has 10 heteroatoms. The molecule has 2 aromatic carbocycles. The van der Waals surface area contributed by atoms with Gasteiger partial charge in [0, 0.05) is 36.5 Å². The third kappa shape index (κ3) is 5.43. The number of azide groups is 1. The van der Waals surface area contributed by atoms with Crippen molar-refractivity contribution in [2.45, 2.75) is 18.9 Å². The van der Waals surface area contributed by atoms with E-state index in [0.29, 0.717) is 17.8 Å². The lowest BCUT2D eigenvalue weighted by Crippen LogP contribution is -2.47. The molecule has 0 aliphatic carbocycles. The summed E-state index contributed by atoms with van der Waals surface area (Å²) >= 11 is 0. The monoisotopic (exact) mass is 459 g/mol. The molecule has 32 heavy (non-hydrogen) atoms. The van der Waals surface area contributed by atoms with Crippen molar-refractivity contribution in [1.82, 2.24) is 14.9 Å². The lowest BCUT2D eigenvalue weighted by molar-refractivity contribution is 0.249. The van der Waals surface area contributed by atoms with Crippen molar-refractivity contribution in [3.8, 4) is 0 Å². The van der Waals surface area contributed by atoms with E-state index < -0.39 is 5.82 Å². The van der Waals surface area contributed by atoms with E-state index in [2.05, 4.69) is 24.9 Å². The Morgan fingerprint density at radius 3 is 2.38 bits per heavy atom. The van der Waals surface area contributed by atoms with E-state index in [1.165, 1.54) is 18.5 Å². The standard InChI is InChI=1S/C22H23F2N7.ClH/c23-16-14-26-22(27-15-16)31-12-10-30(11-13-31)9-3-6-21(28-29-25)19-7-8-20(24)18-5-2-1-4-17(18)19;/h1-2,4-5,7-8,14-15,21H,3,6,9-13H2;1H. The van der Waals surface area contributed by atoms with Crippen LogP contribution in [0.1, 0.15) is 24.4 Å². The first-order chi connectivity index (χ1) is 15.2. The first kappa shape index (κ1) is 23.7. The molecule has 0 saturated carbocycles. The first-order valence-electron chi connectivity index (χ1n) is 10.3. The molecule has 1 unspecified atom stereocenters. The van der Waals surface area contributed by atoms with Gasteiger partial charge in [-0.2, -0.15) is 0 Å². The molecule has 1 atom stereocenters. The second-order valence-corrected chi connectivity index (χ2v) is 7.58. The minimum atomic E-state index is -0.439. The van der Waals surface area contributed by atoms with Crippen LogP contribution in [0.2, 0.25) is 0 Å². The highest BCUT2D eigenvalue weighted by atomic mass is 35.5. The minimum Gasteiger partial charge on any atom is -0.338 e. The highest BCUT2D eigenvalue weighted by molar-refractivity contribution is 5.86. The molecule has 0 bridgehead atoms. The van der Waals surface area contributed by atoms with Crippen LogP contribution in [0.3, 0.4) is 0 Å². The Morgan fingerprint density at radius 1 is 1.00 bits per heavy atom. The number of nitrogens with zero attached hydrogens (tertiary/aromatic N) is 7. The third-order valence-electron chi connectivity index (χ3n) is 5.67. The highest BCUT2D eigenvalue weighted by Crippen LogP contribution is 2.31. The fourth-order valence-corrected chi connectivity index (χ4v) is 4.06. The summed E-state index contributed by atoms with van der Waals surface area (Å²) in [4.78, 5) is 15.5. The first-order valence-corrected chi connectivity index (χ1v) is 10.3. The van der Waals surface area contributed by atoms with Gasteiger partial charge in [-0.3, -0.25) is 4.90 Å². The van der Waals surface area contributed by atoms with Crippen LogP contribution in [0.15, 0.2) is 53.9 Å². The van der Waals surface area contributed by atoms with Crippen molar-refractivity contribution >= 4 is 29.1 Å². The average Bonchev–Trinajstić information content (AvgIpc) is 2.80. The maximum absolute atomic E-state index is 14.1. The van der Waals surface area contributed by atoms with Crippen LogP contribution in [0.4, 0.5) is 14.7 Å². The number of aromatic nitrogens is 2. The van der Waals surface area contributed by atoms with Crippen molar-refractivity contribution in [1.29, 1.82) is 0 Å². The van der Waals surface area contributed by atoms with Crippen LogP contribution in [0.5, 0.6) is 0 Å². The van der Waals surface area contributed by atoms with E-state index in [-0.39, 0.29) is 24.3 Å². The van der Waals surface area contributed by atoms with Gasteiger partial charge in [0.05, 0.1) is 18.4 Å². The molecule has 0 N–H and O–H groups in total. The maximum Gasteiger partial charge on any atom is 0.225 e. The molecule has 0 spiro atoms. The van der Waals surface area contributed by atoms with Crippen LogP contribution in [-0.4, -0.2) is 47.6 Å². The largest absolute Gasteiger partial charge is 0.338 e. The zero-order valence-corrected chi connectivity index (χ0v) is 18.3. The molecule has 0 radical (unpaired) electrons. The fraction of sp³-hybridized carbons (Fsp3) is 0.364. The van der Waals surface area contributed by atoms with Crippen molar-refractivity contribution in [3.63, 3.8) is 0 Å². The van der Waals surface area contributed by atoms with Crippen molar-refractivity contribution in [2.75, 3.05) is 37.6 Å². The zero-order valence-electron chi connectivity index (χ0n) is 17.4. The van der Waals surface area contributed by atoms with Gasteiger partial charge in [0.25, 0.3) is 0 Å². The molecule has 1 aliphatic heterocycles. The maximum atomic E-state index is 14.1. The Kier molecular flexibility index (Phi) is 8.16. The lowest BCUT2D eigenvalue weighted by Gasteiger charge is -2.34. The Balaban J connectivity index is 0.00000289. The van der Waals surface area contributed by atoms with E-state index in [4.69, 9.17) is 5.53 Å². The van der Waals surface area contributed by atoms with Crippen molar-refractivity contribution < 1.29 is 8.78 Å². The Morgan fingerprint density at radius 2 is 1.69 bits per heavy atom. The van der Waals surface area contributed by atoms with Crippen LogP contribution >= 0.6 is 12.4 Å². The van der Waals surface area contributed by atoms with Crippen molar-refractivity contribution in [2.24, 2.45) is 5.11 Å². The normalized spacial score (nSPS) is 15.1. The Hall–Kier alpha value is -3.00. The minimum absolute atomic E-state index is 0. The summed E-state index contributed by atoms with van der Waals surface area (Å²) in [7, 11) is 0. The van der Waals surface area contributed by atoms with E-state index in [9.17, 15) is 8.78 Å². The Bertz CT molecular complexity index is 1080. The topological polar surface area (TPSA) is 81.0 Å². The molecule has 7 nitrogen and oxygen atoms in total. The molecule has 0 amide bonds. The van der Waals surface area contributed by atoms with Gasteiger partial charge < -0.3 is 4.90 Å². The second-order valence-electron chi connectivity index (χ2n) is 7.58. The van der Waals surface area contributed by atoms with Gasteiger partial charge in [-0.25, -0.2) is 18.7 Å². The lowest BCUT2D eigenvalue weighted by atomic mass is 9.96. The molecule has 1 fully saturated rings. The highest BCUT2D eigenvalue weighted by Gasteiger charge is 2.20. The number of fused-ring (bicyclic) bond motifs is 1. The second kappa shape index (κ2) is 11.0. The van der Waals surface area contributed by atoms with Gasteiger partial charge in [0.1, 0.15) is 5.82 Å². The van der Waals surface area contributed by atoms with E-state index in [1.807, 2.05) is 17.0 Å². The van der Waals surface area contributed by atoms with E-state index in [0.717, 1.165) is 50.1 Å². The van der Waals surface area contributed by atoms with Gasteiger partial charge in [-0.05, 0) is 41.9 Å². The van der Waals surface area contributed by atoms with Gasteiger partial charge in [-0.15, -0.1) is 12.4 Å². The zero-order chi connectivity index (χ0) is 21.6. The van der Waals surface area contributed by atoms with Gasteiger partial charge >= 0.3 is 0 Å². The molecule has 3 aromatic rings. The SMILES string of the molecule is Cl.[N-]=[N+]=NC(CCCN1CCN(c2ncc(F)cn2)CC1)c1ccc(F)c2ccccc12. The molecule has 4 rings (SSSR count). The predicted octanol–water partition coefficient (Wildman–Crippen LogP) is 5.28. The van der Waals surface area contributed by atoms with Gasteiger partial charge in [0.2, 0.25) is 5.95 Å². The summed E-state index contributed by atoms with van der Waals surface area (Å²) in [5.74, 6) is -0.166. The predicted molar refractivity (Wildman–Crippen MR) is 123 cm³/mol. The number of rotatable bonds is 7. The molecule has 1 saturated heterocycles. The van der Waals surface area contributed by atoms with Crippen LogP contribution in [-0.2, 0) is 0 Å².